The molecule has 0 spiro atoms. The Balaban J connectivity index is 2.21. The quantitative estimate of drug-likeness (QED) is 0.840. The summed E-state index contributed by atoms with van der Waals surface area (Å²) in [6, 6.07) is 10.9. The van der Waals surface area contributed by atoms with Gasteiger partial charge in [-0.1, -0.05) is 42.0 Å². The summed E-state index contributed by atoms with van der Waals surface area (Å²) >= 11 is 6.01. The standard InChI is InChI=1S/C16H11ClO4/c17-14-9-13(16(20)21)8-7-11(14)4-1-10-2-5-12(6-3-10)15(18)19/h1-9H,(H,18,19)(H,20,21)/b4-1-. The van der Waals surface area contributed by atoms with Crippen molar-refractivity contribution in [3.05, 3.63) is 69.7 Å². The van der Waals surface area contributed by atoms with E-state index in [1.807, 2.05) is 0 Å². The average Bonchev–Trinajstić information content (AvgIpc) is 2.46. The van der Waals surface area contributed by atoms with Crippen molar-refractivity contribution in [2.75, 3.05) is 0 Å². The summed E-state index contributed by atoms with van der Waals surface area (Å²) < 4.78 is 0. The van der Waals surface area contributed by atoms with Crippen molar-refractivity contribution in [1.29, 1.82) is 0 Å². The first kappa shape index (κ1) is 14.8. The van der Waals surface area contributed by atoms with Crippen LogP contribution in [0.2, 0.25) is 5.02 Å². The highest BCUT2D eigenvalue weighted by Crippen LogP contribution is 2.20. The van der Waals surface area contributed by atoms with Gasteiger partial charge in [0.1, 0.15) is 0 Å². The molecule has 106 valence electrons. The summed E-state index contributed by atoms with van der Waals surface area (Å²) in [6.45, 7) is 0. The van der Waals surface area contributed by atoms with E-state index in [-0.39, 0.29) is 11.1 Å². The molecular formula is C16H11ClO4. The largest absolute Gasteiger partial charge is 0.478 e. The van der Waals surface area contributed by atoms with Crippen molar-refractivity contribution < 1.29 is 19.8 Å². The summed E-state index contributed by atoms with van der Waals surface area (Å²) in [6.07, 6.45) is 3.51. The Morgan fingerprint density at radius 1 is 0.857 bits per heavy atom. The van der Waals surface area contributed by atoms with Crippen LogP contribution >= 0.6 is 11.6 Å². The third kappa shape index (κ3) is 3.70. The van der Waals surface area contributed by atoms with Crippen LogP contribution in [0.1, 0.15) is 31.8 Å². The summed E-state index contributed by atoms with van der Waals surface area (Å²) in [7, 11) is 0. The highest BCUT2D eigenvalue weighted by molar-refractivity contribution is 6.32. The molecule has 0 aliphatic rings. The van der Waals surface area contributed by atoms with Gasteiger partial charge in [0, 0.05) is 5.02 Å². The first-order chi connectivity index (χ1) is 9.97. The number of carboxylic acid groups (broad SMARTS) is 2. The van der Waals surface area contributed by atoms with Gasteiger partial charge in [-0.25, -0.2) is 9.59 Å². The fourth-order valence-corrected chi connectivity index (χ4v) is 1.96. The van der Waals surface area contributed by atoms with E-state index in [2.05, 4.69) is 0 Å². The van der Waals surface area contributed by atoms with E-state index in [1.54, 1.807) is 30.4 Å². The Bertz CT molecular complexity index is 718. The van der Waals surface area contributed by atoms with E-state index in [0.29, 0.717) is 10.6 Å². The van der Waals surface area contributed by atoms with E-state index in [1.165, 1.54) is 24.3 Å². The maximum atomic E-state index is 10.8. The highest BCUT2D eigenvalue weighted by atomic mass is 35.5. The van der Waals surface area contributed by atoms with Gasteiger partial charge in [0.25, 0.3) is 0 Å². The van der Waals surface area contributed by atoms with Gasteiger partial charge >= 0.3 is 11.9 Å². The minimum absolute atomic E-state index is 0.128. The van der Waals surface area contributed by atoms with Crippen LogP contribution in [0.15, 0.2) is 42.5 Å². The lowest BCUT2D eigenvalue weighted by Crippen LogP contribution is -1.95. The predicted molar refractivity (Wildman–Crippen MR) is 80.7 cm³/mol. The average molecular weight is 303 g/mol. The minimum atomic E-state index is -1.03. The van der Waals surface area contributed by atoms with Crippen LogP contribution in [0, 0.1) is 0 Å². The number of carbonyl (C=O) groups is 2. The second-order valence-electron chi connectivity index (χ2n) is 4.30. The van der Waals surface area contributed by atoms with Gasteiger partial charge in [-0.15, -0.1) is 0 Å². The highest BCUT2D eigenvalue weighted by Gasteiger charge is 2.05. The van der Waals surface area contributed by atoms with Gasteiger partial charge in [-0.3, -0.25) is 0 Å². The third-order valence-electron chi connectivity index (χ3n) is 2.86. The van der Waals surface area contributed by atoms with Crippen LogP contribution in [0.5, 0.6) is 0 Å². The number of carboxylic acids is 2. The predicted octanol–water partition coefficient (Wildman–Crippen LogP) is 3.91. The SMILES string of the molecule is O=C(O)c1ccc(/C=C\c2ccc(C(=O)O)cc2Cl)cc1. The van der Waals surface area contributed by atoms with Crippen molar-refractivity contribution in [2.24, 2.45) is 0 Å². The molecule has 2 aromatic carbocycles. The molecule has 0 bridgehead atoms. The van der Waals surface area contributed by atoms with Crippen molar-refractivity contribution >= 4 is 35.7 Å². The molecule has 0 aromatic heterocycles. The first-order valence-corrected chi connectivity index (χ1v) is 6.39. The molecule has 2 N–H and O–H groups in total. The second kappa shape index (κ2) is 6.24. The molecule has 0 aliphatic carbocycles. The van der Waals surface area contributed by atoms with Gasteiger partial charge in [0.2, 0.25) is 0 Å². The van der Waals surface area contributed by atoms with E-state index in [0.717, 1.165) is 5.56 Å². The Labute approximate surface area is 125 Å². The lowest BCUT2D eigenvalue weighted by atomic mass is 10.1. The molecular weight excluding hydrogens is 292 g/mol. The molecule has 0 unspecified atom stereocenters. The Morgan fingerprint density at radius 2 is 1.43 bits per heavy atom. The Hall–Kier alpha value is -2.59. The maximum absolute atomic E-state index is 10.8. The van der Waals surface area contributed by atoms with Crippen LogP contribution in [0.25, 0.3) is 12.2 Å². The lowest BCUT2D eigenvalue weighted by molar-refractivity contribution is 0.0686. The molecule has 21 heavy (non-hydrogen) atoms. The van der Waals surface area contributed by atoms with Crippen LogP contribution in [-0.4, -0.2) is 22.2 Å². The zero-order chi connectivity index (χ0) is 15.4. The van der Waals surface area contributed by atoms with Crippen LogP contribution in [0.4, 0.5) is 0 Å². The molecule has 2 rings (SSSR count). The number of hydrogen-bond acceptors (Lipinski definition) is 2. The van der Waals surface area contributed by atoms with Crippen molar-refractivity contribution in [1.82, 2.24) is 0 Å². The normalized spacial score (nSPS) is 10.7. The molecule has 0 heterocycles. The molecule has 0 aliphatic heterocycles. The number of benzene rings is 2. The Morgan fingerprint density at radius 3 is 1.95 bits per heavy atom. The van der Waals surface area contributed by atoms with E-state index in [9.17, 15) is 9.59 Å². The monoisotopic (exact) mass is 302 g/mol. The second-order valence-corrected chi connectivity index (χ2v) is 4.71. The number of rotatable bonds is 4. The third-order valence-corrected chi connectivity index (χ3v) is 3.19. The van der Waals surface area contributed by atoms with E-state index < -0.39 is 11.9 Å². The zero-order valence-electron chi connectivity index (χ0n) is 10.8. The first-order valence-electron chi connectivity index (χ1n) is 6.01. The van der Waals surface area contributed by atoms with Gasteiger partial charge in [0.15, 0.2) is 0 Å². The van der Waals surface area contributed by atoms with Crippen LogP contribution in [0.3, 0.4) is 0 Å². The number of hydrogen-bond donors (Lipinski definition) is 2. The van der Waals surface area contributed by atoms with Crippen molar-refractivity contribution in [3.8, 4) is 0 Å². The summed E-state index contributed by atoms with van der Waals surface area (Å²) in [4.78, 5) is 21.5. The van der Waals surface area contributed by atoms with E-state index >= 15 is 0 Å². The van der Waals surface area contributed by atoms with Crippen LogP contribution in [-0.2, 0) is 0 Å². The van der Waals surface area contributed by atoms with Gasteiger partial charge in [-0.05, 0) is 35.4 Å². The Kier molecular flexibility index (Phi) is 4.40. The molecule has 4 nitrogen and oxygen atoms in total. The summed E-state index contributed by atoms with van der Waals surface area (Å²) in [5.74, 6) is -2.01. The van der Waals surface area contributed by atoms with Gasteiger partial charge in [-0.2, -0.15) is 0 Å². The smallest absolute Gasteiger partial charge is 0.335 e. The molecule has 0 amide bonds. The summed E-state index contributed by atoms with van der Waals surface area (Å²) in [5.41, 5.74) is 1.85. The fourth-order valence-electron chi connectivity index (χ4n) is 1.72. The summed E-state index contributed by atoms with van der Waals surface area (Å²) in [5, 5.41) is 18.0. The number of aromatic carboxylic acids is 2. The maximum Gasteiger partial charge on any atom is 0.335 e. The van der Waals surface area contributed by atoms with E-state index in [4.69, 9.17) is 21.8 Å². The molecule has 0 radical (unpaired) electrons. The molecule has 0 fully saturated rings. The molecule has 0 saturated carbocycles. The molecule has 2 aromatic rings. The van der Waals surface area contributed by atoms with Crippen molar-refractivity contribution in [3.63, 3.8) is 0 Å². The number of halogens is 1. The fraction of sp³-hybridized carbons (Fsp3) is 0. The molecule has 0 atom stereocenters. The van der Waals surface area contributed by atoms with Crippen LogP contribution < -0.4 is 0 Å². The molecule has 5 heteroatoms. The van der Waals surface area contributed by atoms with Crippen molar-refractivity contribution in [2.45, 2.75) is 0 Å². The topological polar surface area (TPSA) is 74.6 Å². The lowest BCUT2D eigenvalue weighted by Gasteiger charge is -2.01. The zero-order valence-corrected chi connectivity index (χ0v) is 11.5. The van der Waals surface area contributed by atoms with Gasteiger partial charge in [0.05, 0.1) is 11.1 Å². The minimum Gasteiger partial charge on any atom is -0.478 e. The molecule has 0 saturated heterocycles. The van der Waals surface area contributed by atoms with Gasteiger partial charge < -0.3 is 10.2 Å².